The second-order valence-corrected chi connectivity index (χ2v) is 12.4. The van der Waals surface area contributed by atoms with Crippen molar-refractivity contribution < 1.29 is 19.3 Å². The minimum Gasteiger partial charge on any atom is -0.505 e. The molecule has 178 valence electrons. The predicted octanol–water partition coefficient (Wildman–Crippen LogP) is 5.23. The molecule has 33 heavy (non-hydrogen) atoms. The number of rotatable bonds is 5. The second-order valence-electron chi connectivity index (χ2n) is 10.5. The van der Waals surface area contributed by atoms with E-state index in [9.17, 15) is 20.0 Å². The lowest BCUT2D eigenvalue weighted by Gasteiger charge is -2.25. The van der Waals surface area contributed by atoms with Gasteiger partial charge in [-0.25, -0.2) is 0 Å². The Bertz CT molecular complexity index is 1190. The molecule has 0 saturated heterocycles. The molecule has 1 atom stereocenters. The molecule has 1 aliphatic heterocycles. The smallest absolute Gasteiger partial charge is 0.348 e. The molecule has 3 rings (SSSR count). The second kappa shape index (κ2) is 8.55. The molecular formula is C24H33N4O4P. The predicted molar refractivity (Wildman–Crippen MR) is 131 cm³/mol. The standard InChI is InChI=1S/C24H33N4O4P/c1-8-32-33(31)17-13-15(14-25)9-10-16(17)26-21(27-33)18-19(29)20(24(5,6)7)28(22(18)30)12-11-23(2,3)4/h9-10,13,29-30H,8,11-12H2,1-7H3,(H,26,27,31). The summed E-state index contributed by atoms with van der Waals surface area (Å²) in [5.74, 6) is -0.188. The van der Waals surface area contributed by atoms with E-state index in [1.807, 2.05) is 26.8 Å². The molecule has 1 aliphatic rings. The molecule has 8 nitrogen and oxygen atoms in total. The third-order valence-electron chi connectivity index (χ3n) is 5.46. The van der Waals surface area contributed by atoms with Gasteiger partial charge in [-0.15, -0.1) is 0 Å². The van der Waals surface area contributed by atoms with Crippen LogP contribution in [0.25, 0.3) is 0 Å². The van der Waals surface area contributed by atoms with Gasteiger partial charge in [-0.2, -0.15) is 10.0 Å². The largest absolute Gasteiger partial charge is 0.505 e. The van der Waals surface area contributed by atoms with Crippen molar-refractivity contribution in [2.45, 2.75) is 66.8 Å². The summed E-state index contributed by atoms with van der Waals surface area (Å²) in [5, 5.41) is 35.1. The van der Waals surface area contributed by atoms with Crippen LogP contribution in [0.3, 0.4) is 0 Å². The highest BCUT2D eigenvalue weighted by Crippen LogP contribution is 2.53. The first-order valence-corrected chi connectivity index (χ1v) is 12.6. The highest BCUT2D eigenvalue weighted by atomic mass is 31.2. The van der Waals surface area contributed by atoms with E-state index in [0.717, 1.165) is 6.42 Å². The summed E-state index contributed by atoms with van der Waals surface area (Å²) in [6.45, 7) is 14.6. The normalized spacial score (nSPS) is 18.3. The van der Waals surface area contributed by atoms with Gasteiger partial charge in [0.05, 0.1) is 34.9 Å². The van der Waals surface area contributed by atoms with Gasteiger partial charge in [-0.3, -0.25) is 4.57 Å². The molecule has 0 fully saturated rings. The Morgan fingerprint density at radius 3 is 2.42 bits per heavy atom. The molecule has 2 heterocycles. The molecule has 0 aliphatic carbocycles. The van der Waals surface area contributed by atoms with Gasteiger partial charge in [0.15, 0.2) is 11.6 Å². The summed E-state index contributed by atoms with van der Waals surface area (Å²) in [6.07, 6.45) is 0.772. The number of amidine groups is 1. The Morgan fingerprint density at radius 1 is 1.21 bits per heavy atom. The molecule has 0 saturated carbocycles. The van der Waals surface area contributed by atoms with Crippen molar-refractivity contribution in [3.63, 3.8) is 0 Å². The Morgan fingerprint density at radius 2 is 1.88 bits per heavy atom. The number of benzene rings is 1. The molecule has 3 N–H and O–H groups in total. The number of aromatic hydroxyl groups is 2. The molecule has 0 amide bonds. The number of hydrogen-bond acceptors (Lipinski definition) is 6. The maximum Gasteiger partial charge on any atom is 0.348 e. The Hall–Kier alpha value is -2.75. The number of hydrogen-bond donors (Lipinski definition) is 3. The fraction of sp³-hybridized carbons (Fsp3) is 0.500. The van der Waals surface area contributed by atoms with Crippen molar-refractivity contribution in [1.82, 2.24) is 4.57 Å². The summed E-state index contributed by atoms with van der Waals surface area (Å²) < 4.78 is 25.4. The van der Waals surface area contributed by atoms with Crippen molar-refractivity contribution in [2.24, 2.45) is 10.2 Å². The summed E-state index contributed by atoms with van der Waals surface area (Å²) in [7, 11) is -3.75. The third kappa shape index (κ3) is 4.80. The molecule has 1 aromatic heterocycles. The van der Waals surface area contributed by atoms with E-state index in [1.54, 1.807) is 23.6 Å². The lowest BCUT2D eigenvalue weighted by atomic mass is 9.89. The zero-order chi connectivity index (χ0) is 24.8. The molecule has 1 aromatic carbocycles. The minimum absolute atomic E-state index is 0.0182. The van der Waals surface area contributed by atoms with Crippen LogP contribution in [-0.4, -0.2) is 27.2 Å². The van der Waals surface area contributed by atoms with E-state index in [0.29, 0.717) is 23.5 Å². The van der Waals surface area contributed by atoms with Crippen LogP contribution in [0, 0.1) is 16.7 Å². The van der Waals surface area contributed by atoms with Gasteiger partial charge in [0.25, 0.3) is 0 Å². The number of fused-ring (bicyclic) bond motifs is 1. The van der Waals surface area contributed by atoms with E-state index in [4.69, 9.17) is 4.52 Å². The number of nitrogens with one attached hydrogen (secondary N) is 1. The lowest BCUT2D eigenvalue weighted by molar-refractivity contribution is 0.319. The van der Waals surface area contributed by atoms with E-state index in [1.165, 1.54) is 6.07 Å². The molecule has 0 spiro atoms. The van der Waals surface area contributed by atoms with Crippen LogP contribution >= 0.6 is 7.52 Å². The number of nitrogens with zero attached hydrogens (tertiary/aromatic N) is 3. The van der Waals surface area contributed by atoms with E-state index in [2.05, 4.69) is 30.9 Å². The van der Waals surface area contributed by atoms with E-state index >= 15 is 0 Å². The summed E-state index contributed by atoms with van der Waals surface area (Å²) >= 11 is 0. The minimum atomic E-state index is -3.75. The summed E-state index contributed by atoms with van der Waals surface area (Å²) in [4.78, 5) is 0. The zero-order valence-corrected chi connectivity index (χ0v) is 21.2. The van der Waals surface area contributed by atoms with Crippen LogP contribution in [0.5, 0.6) is 11.6 Å². The highest BCUT2D eigenvalue weighted by molar-refractivity contribution is 7.66. The fourth-order valence-electron chi connectivity index (χ4n) is 3.90. The molecule has 0 radical (unpaired) electrons. The molecule has 9 heteroatoms. The number of anilines is 1. The monoisotopic (exact) mass is 472 g/mol. The number of aromatic nitrogens is 1. The fourth-order valence-corrected chi connectivity index (χ4v) is 5.71. The average molecular weight is 473 g/mol. The van der Waals surface area contributed by atoms with Gasteiger partial charge in [0, 0.05) is 12.0 Å². The van der Waals surface area contributed by atoms with Crippen molar-refractivity contribution >= 4 is 24.3 Å². The van der Waals surface area contributed by atoms with Crippen molar-refractivity contribution in [3.05, 3.63) is 35.0 Å². The first kappa shape index (κ1) is 24.9. The maximum absolute atomic E-state index is 13.7. The first-order chi connectivity index (χ1) is 15.2. The Balaban J connectivity index is 2.22. The van der Waals surface area contributed by atoms with Crippen molar-refractivity contribution in [1.29, 1.82) is 5.26 Å². The van der Waals surface area contributed by atoms with Crippen LogP contribution in [-0.2, 0) is 21.0 Å². The van der Waals surface area contributed by atoms with Crippen LogP contribution < -0.4 is 10.6 Å². The van der Waals surface area contributed by atoms with Gasteiger partial charge in [0.1, 0.15) is 5.56 Å². The summed E-state index contributed by atoms with van der Waals surface area (Å²) in [6, 6.07) is 6.75. The quantitative estimate of drug-likeness (QED) is 0.513. The average Bonchev–Trinajstić information content (AvgIpc) is 2.95. The van der Waals surface area contributed by atoms with Gasteiger partial charge in [-0.1, -0.05) is 41.5 Å². The Labute approximate surface area is 195 Å². The molecular weight excluding hydrogens is 439 g/mol. The third-order valence-corrected chi connectivity index (χ3v) is 7.51. The van der Waals surface area contributed by atoms with Gasteiger partial charge >= 0.3 is 7.52 Å². The van der Waals surface area contributed by atoms with Crippen LogP contribution in [0.2, 0.25) is 0 Å². The van der Waals surface area contributed by atoms with Gasteiger partial charge < -0.3 is 24.6 Å². The van der Waals surface area contributed by atoms with E-state index < -0.39 is 12.9 Å². The first-order valence-electron chi connectivity index (χ1n) is 11.0. The topological polar surface area (TPSA) is 120 Å². The summed E-state index contributed by atoms with van der Waals surface area (Å²) in [5.41, 5.74) is 0.988. The maximum atomic E-state index is 13.7. The number of nitriles is 1. The van der Waals surface area contributed by atoms with Gasteiger partial charge in [-0.05, 0) is 37.0 Å². The SMILES string of the molecule is CCOP1(=O)N=C(c2c(O)c(C(C)(C)C)n(CCC(C)(C)C)c2O)Nc2ccc(C#N)cc21. The van der Waals surface area contributed by atoms with Crippen LogP contribution in [0.4, 0.5) is 5.69 Å². The van der Waals surface area contributed by atoms with E-state index in [-0.39, 0.29) is 40.4 Å². The Kier molecular flexibility index (Phi) is 6.45. The van der Waals surface area contributed by atoms with Crippen LogP contribution in [0.1, 0.15) is 71.7 Å². The zero-order valence-electron chi connectivity index (χ0n) is 20.4. The highest BCUT2D eigenvalue weighted by Gasteiger charge is 2.38. The molecule has 0 bridgehead atoms. The van der Waals surface area contributed by atoms with Crippen LogP contribution in [0.15, 0.2) is 23.0 Å². The van der Waals surface area contributed by atoms with Crippen molar-refractivity contribution in [2.75, 3.05) is 11.9 Å². The lowest BCUT2D eigenvalue weighted by Crippen LogP contribution is -2.26. The molecule has 2 aromatic rings. The molecule has 1 unspecified atom stereocenters. The van der Waals surface area contributed by atoms with Crippen molar-refractivity contribution in [3.8, 4) is 17.7 Å². The van der Waals surface area contributed by atoms with Gasteiger partial charge in [0.2, 0.25) is 5.88 Å².